The number of aryl methyl sites for hydroxylation is 1. The minimum Gasteiger partial charge on any atom is -0.306 e. The van der Waals surface area contributed by atoms with Crippen LogP contribution in [0.5, 0.6) is 0 Å². The fraction of sp³-hybridized carbons (Fsp3) is 0.727. The van der Waals surface area contributed by atoms with Gasteiger partial charge in [0.25, 0.3) is 0 Å². The quantitative estimate of drug-likeness (QED) is 0.366. The molecule has 0 saturated heterocycles. The summed E-state index contributed by atoms with van der Waals surface area (Å²) in [5.41, 5.74) is 2.15. The Morgan fingerprint density at radius 2 is 2.33 bits per heavy atom. The molecule has 7 heteroatoms. The number of nitrogens with one attached hydrogen (secondary N) is 1. The number of nitrogens with zero attached hydrogens (tertiary/aromatic N) is 3. The maximum atomic E-state index is 11.2. The van der Waals surface area contributed by atoms with E-state index in [9.17, 15) is 4.79 Å². The van der Waals surface area contributed by atoms with Crippen molar-refractivity contribution >= 4 is 17.7 Å². The van der Waals surface area contributed by atoms with E-state index in [1.807, 2.05) is 6.92 Å². The van der Waals surface area contributed by atoms with Crippen molar-refractivity contribution in [3.05, 3.63) is 5.82 Å². The van der Waals surface area contributed by atoms with Crippen LogP contribution in [0.25, 0.3) is 0 Å². The highest BCUT2D eigenvalue weighted by atomic mass is 32.2. The van der Waals surface area contributed by atoms with E-state index >= 15 is 0 Å². The number of hydrogen-bond acceptors (Lipinski definition) is 5. The standard InChI is InChI=1S/C11H19N5OS/c1-8(7-10(17)13-12)18-11-15-14-9-5-3-2-4-6-16(9)11/h8H,2-7,12H2,1H3,(H,13,17). The number of fused-ring (bicyclic) bond motifs is 1. The zero-order valence-electron chi connectivity index (χ0n) is 10.6. The van der Waals surface area contributed by atoms with Crippen molar-refractivity contribution in [3.63, 3.8) is 0 Å². The Morgan fingerprint density at radius 3 is 3.11 bits per heavy atom. The van der Waals surface area contributed by atoms with Gasteiger partial charge in [-0.1, -0.05) is 25.1 Å². The van der Waals surface area contributed by atoms with Crippen molar-refractivity contribution in [3.8, 4) is 0 Å². The Hall–Kier alpha value is -1.08. The van der Waals surface area contributed by atoms with Gasteiger partial charge in [0.05, 0.1) is 0 Å². The van der Waals surface area contributed by atoms with Gasteiger partial charge < -0.3 is 4.57 Å². The number of nitrogens with two attached hydrogens (primary N) is 1. The fourth-order valence-corrected chi connectivity index (χ4v) is 3.09. The number of carbonyl (C=O) groups is 1. The SMILES string of the molecule is CC(CC(=O)NN)Sc1nnc2n1CCCCC2. The first-order valence-corrected chi connectivity index (χ1v) is 7.17. The highest BCUT2D eigenvalue weighted by molar-refractivity contribution is 7.99. The molecule has 1 aliphatic rings. The van der Waals surface area contributed by atoms with Gasteiger partial charge in [-0.3, -0.25) is 10.2 Å². The van der Waals surface area contributed by atoms with Crippen LogP contribution in [0.2, 0.25) is 0 Å². The van der Waals surface area contributed by atoms with Crippen LogP contribution in [0, 0.1) is 0 Å². The van der Waals surface area contributed by atoms with Gasteiger partial charge >= 0.3 is 0 Å². The van der Waals surface area contributed by atoms with Crippen LogP contribution in [-0.4, -0.2) is 25.9 Å². The third-order valence-electron chi connectivity index (χ3n) is 3.02. The molecule has 2 heterocycles. The summed E-state index contributed by atoms with van der Waals surface area (Å²) < 4.78 is 2.19. The Labute approximate surface area is 111 Å². The molecule has 0 bridgehead atoms. The number of aromatic nitrogens is 3. The number of hydrogen-bond donors (Lipinski definition) is 2. The van der Waals surface area contributed by atoms with Crippen molar-refractivity contribution in [1.29, 1.82) is 0 Å². The second-order valence-corrected chi connectivity index (χ2v) is 5.97. The molecule has 100 valence electrons. The summed E-state index contributed by atoms with van der Waals surface area (Å²) in [5.74, 6) is 6.01. The average molecular weight is 269 g/mol. The van der Waals surface area contributed by atoms with Gasteiger partial charge in [0, 0.05) is 24.6 Å². The normalized spacial score (nSPS) is 16.8. The second-order valence-electron chi connectivity index (χ2n) is 4.56. The van der Waals surface area contributed by atoms with Gasteiger partial charge in [0.15, 0.2) is 5.16 Å². The van der Waals surface area contributed by atoms with Crippen LogP contribution in [0.4, 0.5) is 0 Å². The lowest BCUT2D eigenvalue weighted by Gasteiger charge is -2.11. The number of rotatable bonds is 4. The largest absolute Gasteiger partial charge is 0.306 e. The minimum absolute atomic E-state index is 0.144. The Bertz CT molecular complexity index is 420. The van der Waals surface area contributed by atoms with E-state index < -0.39 is 0 Å². The summed E-state index contributed by atoms with van der Waals surface area (Å²) in [6.07, 6.45) is 5.01. The maximum Gasteiger partial charge on any atom is 0.234 e. The van der Waals surface area contributed by atoms with Crippen LogP contribution >= 0.6 is 11.8 Å². The van der Waals surface area contributed by atoms with Crippen molar-refractivity contribution < 1.29 is 4.79 Å². The monoisotopic (exact) mass is 269 g/mol. The molecular weight excluding hydrogens is 250 g/mol. The van der Waals surface area contributed by atoms with Crippen LogP contribution in [-0.2, 0) is 17.8 Å². The van der Waals surface area contributed by atoms with E-state index in [0.29, 0.717) is 6.42 Å². The van der Waals surface area contributed by atoms with Gasteiger partial charge in [-0.25, -0.2) is 5.84 Å². The van der Waals surface area contributed by atoms with Crippen LogP contribution in [0.15, 0.2) is 5.16 Å². The summed E-state index contributed by atoms with van der Waals surface area (Å²) in [6.45, 7) is 2.98. The smallest absolute Gasteiger partial charge is 0.234 e. The molecule has 1 atom stereocenters. The summed E-state index contributed by atoms with van der Waals surface area (Å²) in [5, 5.41) is 9.53. The zero-order valence-corrected chi connectivity index (χ0v) is 11.4. The van der Waals surface area contributed by atoms with Gasteiger partial charge in [-0.15, -0.1) is 10.2 Å². The topological polar surface area (TPSA) is 85.8 Å². The molecule has 1 aromatic heterocycles. The van der Waals surface area contributed by atoms with Crippen LogP contribution < -0.4 is 11.3 Å². The van der Waals surface area contributed by atoms with E-state index in [2.05, 4.69) is 20.2 Å². The molecular formula is C11H19N5OS. The maximum absolute atomic E-state index is 11.2. The molecule has 1 unspecified atom stereocenters. The highest BCUT2D eigenvalue weighted by Crippen LogP contribution is 2.26. The Kier molecular flexibility index (Phi) is 4.60. The molecule has 3 N–H and O–H groups in total. The predicted octanol–water partition coefficient (Wildman–Crippen LogP) is 0.865. The molecule has 0 aromatic carbocycles. The Balaban J connectivity index is 2.01. The number of hydrazine groups is 1. The Morgan fingerprint density at radius 1 is 1.50 bits per heavy atom. The second kappa shape index (κ2) is 6.19. The number of carbonyl (C=O) groups excluding carboxylic acids is 1. The third kappa shape index (κ3) is 3.23. The fourth-order valence-electron chi connectivity index (χ4n) is 2.09. The van der Waals surface area contributed by atoms with Crippen LogP contribution in [0.3, 0.4) is 0 Å². The van der Waals surface area contributed by atoms with Crippen molar-refractivity contribution in [2.45, 2.75) is 56.0 Å². The van der Waals surface area contributed by atoms with Crippen LogP contribution in [0.1, 0.15) is 38.4 Å². The van der Waals surface area contributed by atoms with Gasteiger partial charge in [-0.05, 0) is 12.8 Å². The zero-order chi connectivity index (χ0) is 13.0. The molecule has 18 heavy (non-hydrogen) atoms. The first-order valence-electron chi connectivity index (χ1n) is 6.29. The van der Waals surface area contributed by atoms with Crippen molar-refractivity contribution in [2.75, 3.05) is 0 Å². The average Bonchev–Trinajstić information content (AvgIpc) is 2.59. The molecule has 0 aliphatic carbocycles. The molecule has 1 aliphatic heterocycles. The first kappa shape index (κ1) is 13.4. The molecule has 6 nitrogen and oxygen atoms in total. The molecule has 0 spiro atoms. The van der Waals surface area contributed by atoms with Gasteiger partial charge in [0.1, 0.15) is 5.82 Å². The molecule has 1 aromatic rings. The van der Waals surface area contributed by atoms with Crippen molar-refractivity contribution in [1.82, 2.24) is 20.2 Å². The minimum atomic E-state index is -0.148. The summed E-state index contributed by atoms with van der Waals surface area (Å²) in [6, 6.07) is 0. The van der Waals surface area contributed by atoms with Crippen molar-refractivity contribution in [2.24, 2.45) is 5.84 Å². The number of amides is 1. The lowest BCUT2D eigenvalue weighted by Crippen LogP contribution is -2.31. The lowest BCUT2D eigenvalue weighted by molar-refractivity contribution is -0.121. The first-order chi connectivity index (χ1) is 8.70. The van der Waals surface area contributed by atoms with E-state index in [0.717, 1.165) is 23.9 Å². The van der Waals surface area contributed by atoms with Gasteiger partial charge in [-0.2, -0.15) is 0 Å². The van der Waals surface area contributed by atoms with E-state index in [1.165, 1.54) is 19.3 Å². The van der Waals surface area contributed by atoms with E-state index in [4.69, 9.17) is 5.84 Å². The summed E-state index contributed by atoms with van der Waals surface area (Å²) >= 11 is 1.59. The summed E-state index contributed by atoms with van der Waals surface area (Å²) in [4.78, 5) is 11.2. The summed E-state index contributed by atoms with van der Waals surface area (Å²) in [7, 11) is 0. The van der Waals surface area contributed by atoms with Gasteiger partial charge in [0.2, 0.25) is 5.91 Å². The molecule has 0 radical (unpaired) electrons. The lowest BCUT2D eigenvalue weighted by atomic mass is 10.2. The molecule has 2 rings (SSSR count). The van der Waals surface area contributed by atoms with E-state index in [1.54, 1.807) is 11.8 Å². The molecule has 1 amide bonds. The van der Waals surface area contributed by atoms with E-state index in [-0.39, 0.29) is 11.2 Å². The highest BCUT2D eigenvalue weighted by Gasteiger charge is 2.18. The molecule has 0 fully saturated rings. The third-order valence-corrected chi connectivity index (χ3v) is 4.10. The number of thioether (sulfide) groups is 1. The predicted molar refractivity (Wildman–Crippen MR) is 69.8 cm³/mol. The molecule has 0 saturated carbocycles.